The number of hydrogen-bond acceptors (Lipinski definition) is 4. The van der Waals surface area contributed by atoms with Crippen LogP contribution in [-0.2, 0) is 10.0 Å². The van der Waals surface area contributed by atoms with Crippen molar-refractivity contribution in [3.8, 4) is 5.75 Å². The molecule has 0 aliphatic heterocycles. The molecular weight excluding hydrogens is 311 g/mol. The molecule has 1 aromatic rings. The molecule has 0 saturated carbocycles. The first kappa shape index (κ1) is 17.7. The van der Waals surface area contributed by atoms with E-state index in [1.54, 1.807) is 4.72 Å². The minimum Gasteiger partial charge on any atom is -0.494 e. The topological polar surface area (TPSA) is 75.6 Å². The monoisotopic (exact) mass is 327 g/mol. The Labute approximate surface area is 120 Å². The Kier molecular flexibility index (Phi) is 5.99. The van der Waals surface area contributed by atoms with Gasteiger partial charge in [0.05, 0.1) is 11.5 Å². The SMILES string of the molecule is CCCOc1ccc(S(=O)(=O)NCC(O)C(F)(F)F)cc1. The van der Waals surface area contributed by atoms with Crippen LogP contribution in [0.5, 0.6) is 5.75 Å². The van der Waals surface area contributed by atoms with E-state index in [2.05, 4.69) is 0 Å². The average molecular weight is 327 g/mol. The van der Waals surface area contributed by atoms with Gasteiger partial charge in [0, 0.05) is 6.54 Å². The summed E-state index contributed by atoms with van der Waals surface area (Å²) < 4.78 is 66.8. The lowest BCUT2D eigenvalue weighted by Gasteiger charge is -2.15. The van der Waals surface area contributed by atoms with Crippen LogP contribution in [0.15, 0.2) is 29.2 Å². The highest BCUT2D eigenvalue weighted by Crippen LogP contribution is 2.20. The second-order valence-electron chi connectivity index (χ2n) is 4.23. The lowest BCUT2D eigenvalue weighted by Crippen LogP contribution is -2.40. The summed E-state index contributed by atoms with van der Waals surface area (Å²) in [4.78, 5) is -0.208. The van der Waals surface area contributed by atoms with Crippen molar-refractivity contribution in [3.63, 3.8) is 0 Å². The third-order valence-electron chi connectivity index (χ3n) is 2.45. The number of sulfonamides is 1. The fourth-order valence-corrected chi connectivity index (χ4v) is 2.36. The van der Waals surface area contributed by atoms with Crippen LogP contribution in [0.4, 0.5) is 13.2 Å². The minimum atomic E-state index is -4.87. The summed E-state index contributed by atoms with van der Waals surface area (Å²) >= 11 is 0. The summed E-state index contributed by atoms with van der Waals surface area (Å²) in [6.45, 7) is 1.25. The highest BCUT2D eigenvalue weighted by molar-refractivity contribution is 7.89. The summed E-state index contributed by atoms with van der Waals surface area (Å²) in [5.41, 5.74) is 0. The molecule has 120 valence electrons. The van der Waals surface area contributed by atoms with Crippen molar-refractivity contribution in [1.82, 2.24) is 4.72 Å². The van der Waals surface area contributed by atoms with E-state index in [1.165, 1.54) is 24.3 Å². The molecule has 0 aliphatic carbocycles. The first-order valence-electron chi connectivity index (χ1n) is 6.14. The molecule has 0 heterocycles. The first-order valence-corrected chi connectivity index (χ1v) is 7.62. The van der Waals surface area contributed by atoms with Crippen LogP contribution >= 0.6 is 0 Å². The quantitative estimate of drug-likeness (QED) is 0.799. The molecule has 0 bridgehead atoms. The normalized spacial score (nSPS) is 14.0. The van der Waals surface area contributed by atoms with Crippen molar-refractivity contribution in [2.45, 2.75) is 30.5 Å². The Morgan fingerprint density at radius 1 is 1.29 bits per heavy atom. The molecule has 0 aliphatic rings. The standard InChI is InChI=1S/C12H16F3NO4S/c1-2-7-20-9-3-5-10(6-4-9)21(18,19)16-8-11(17)12(13,14)15/h3-6,11,16-17H,2,7-8H2,1H3. The van der Waals surface area contributed by atoms with Crippen molar-refractivity contribution in [1.29, 1.82) is 0 Å². The second kappa shape index (κ2) is 7.10. The largest absolute Gasteiger partial charge is 0.494 e. The van der Waals surface area contributed by atoms with Gasteiger partial charge in [0.25, 0.3) is 0 Å². The van der Waals surface area contributed by atoms with E-state index in [4.69, 9.17) is 9.84 Å². The molecule has 1 rings (SSSR count). The van der Waals surface area contributed by atoms with Crippen LogP contribution in [0.1, 0.15) is 13.3 Å². The zero-order chi connectivity index (χ0) is 16.1. The molecule has 2 N–H and O–H groups in total. The Bertz CT molecular complexity index is 543. The van der Waals surface area contributed by atoms with Crippen LogP contribution in [0.3, 0.4) is 0 Å². The van der Waals surface area contributed by atoms with Gasteiger partial charge in [-0.1, -0.05) is 6.92 Å². The van der Waals surface area contributed by atoms with Gasteiger partial charge >= 0.3 is 6.18 Å². The summed E-state index contributed by atoms with van der Waals surface area (Å²) in [6, 6.07) is 5.25. The van der Waals surface area contributed by atoms with Crippen LogP contribution in [0.25, 0.3) is 0 Å². The first-order chi connectivity index (χ1) is 9.66. The van der Waals surface area contributed by atoms with E-state index in [-0.39, 0.29) is 4.90 Å². The molecule has 9 heteroatoms. The van der Waals surface area contributed by atoms with Crippen molar-refractivity contribution >= 4 is 10.0 Å². The lowest BCUT2D eigenvalue weighted by atomic mass is 10.3. The summed E-state index contributed by atoms with van der Waals surface area (Å²) in [6.07, 6.45) is -6.84. The number of ether oxygens (including phenoxy) is 1. The number of aliphatic hydroxyl groups is 1. The molecule has 21 heavy (non-hydrogen) atoms. The van der Waals surface area contributed by atoms with Crippen LogP contribution < -0.4 is 9.46 Å². The molecule has 1 unspecified atom stereocenters. The van der Waals surface area contributed by atoms with E-state index in [1.807, 2.05) is 6.92 Å². The number of benzene rings is 1. The molecule has 0 saturated heterocycles. The van der Waals surface area contributed by atoms with Crippen LogP contribution in [0.2, 0.25) is 0 Å². The fraction of sp³-hybridized carbons (Fsp3) is 0.500. The van der Waals surface area contributed by atoms with E-state index in [0.717, 1.165) is 6.42 Å². The van der Waals surface area contributed by atoms with Gasteiger partial charge in [0.2, 0.25) is 10.0 Å². The molecule has 5 nitrogen and oxygen atoms in total. The zero-order valence-electron chi connectivity index (χ0n) is 11.2. The number of alkyl halides is 3. The Morgan fingerprint density at radius 3 is 2.33 bits per heavy atom. The van der Waals surface area contributed by atoms with Crippen molar-refractivity contribution in [2.75, 3.05) is 13.2 Å². The molecule has 0 spiro atoms. The molecule has 0 radical (unpaired) electrons. The molecule has 0 amide bonds. The molecule has 1 atom stereocenters. The maximum atomic E-state index is 12.1. The number of hydrogen-bond donors (Lipinski definition) is 2. The van der Waals surface area contributed by atoms with E-state index in [0.29, 0.717) is 12.4 Å². The lowest BCUT2D eigenvalue weighted by molar-refractivity contribution is -0.200. The molecular formula is C12H16F3NO4S. The van der Waals surface area contributed by atoms with Gasteiger partial charge in [-0.05, 0) is 30.7 Å². The number of aliphatic hydroxyl groups excluding tert-OH is 1. The Balaban J connectivity index is 2.70. The third kappa shape index (κ3) is 5.52. The summed E-state index contributed by atoms with van der Waals surface area (Å²) in [5, 5.41) is 8.77. The predicted octanol–water partition coefficient (Wildman–Crippen LogP) is 1.68. The average Bonchev–Trinajstić information content (AvgIpc) is 2.42. The van der Waals surface area contributed by atoms with Gasteiger partial charge in [0.1, 0.15) is 5.75 Å². The van der Waals surface area contributed by atoms with E-state index >= 15 is 0 Å². The van der Waals surface area contributed by atoms with Gasteiger partial charge in [-0.15, -0.1) is 0 Å². The highest BCUT2D eigenvalue weighted by Gasteiger charge is 2.38. The summed E-state index contributed by atoms with van der Waals surface area (Å²) in [5.74, 6) is 0.464. The zero-order valence-corrected chi connectivity index (χ0v) is 12.0. The van der Waals surface area contributed by atoms with Crippen molar-refractivity contribution in [3.05, 3.63) is 24.3 Å². The van der Waals surface area contributed by atoms with E-state index in [9.17, 15) is 21.6 Å². The van der Waals surface area contributed by atoms with Gasteiger partial charge in [-0.25, -0.2) is 13.1 Å². The second-order valence-corrected chi connectivity index (χ2v) is 6.00. The Morgan fingerprint density at radius 2 is 1.86 bits per heavy atom. The highest BCUT2D eigenvalue weighted by atomic mass is 32.2. The third-order valence-corrected chi connectivity index (χ3v) is 3.89. The van der Waals surface area contributed by atoms with Crippen LogP contribution in [-0.4, -0.2) is 39.0 Å². The number of rotatable bonds is 7. The van der Waals surface area contributed by atoms with Crippen molar-refractivity contribution < 1.29 is 31.4 Å². The van der Waals surface area contributed by atoms with Gasteiger partial charge < -0.3 is 9.84 Å². The van der Waals surface area contributed by atoms with Gasteiger partial charge in [-0.2, -0.15) is 13.2 Å². The minimum absolute atomic E-state index is 0.208. The smallest absolute Gasteiger partial charge is 0.415 e. The Hall–Kier alpha value is -1.32. The number of nitrogens with one attached hydrogen (secondary N) is 1. The molecule has 0 aromatic heterocycles. The molecule has 0 fully saturated rings. The fourth-order valence-electron chi connectivity index (χ4n) is 1.32. The van der Waals surface area contributed by atoms with Crippen molar-refractivity contribution in [2.24, 2.45) is 0 Å². The molecule has 1 aromatic carbocycles. The predicted molar refractivity (Wildman–Crippen MR) is 69.5 cm³/mol. The van der Waals surface area contributed by atoms with Gasteiger partial charge in [0.15, 0.2) is 6.10 Å². The van der Waals surface area contributed by atoms with Crippen LogP contribution in [0, 0.1) is 0 Å². The van der Waals surface area contributed by atoms with E-state index < -0.39 is 28.8 Å². The van der Waals surface area contributed by atoms with Gasteiger partial charge in [-0.3, -0.25) is 0 Å². The maximum absolute atomic E-state index is 12.1. The summed E-state index contributed by atoms with van der Waals surface area (Å²) in [7, 11) is -4.12. The number of halogens is 3. The maximum Gasteiger partial charge on any atom is 0.415 e.